The Bertz CT molecular complexity index is 401. The zero-order valence-electron chi connectivity index (χ0n) is 12.3. The normalized spacial score (nSPS) is 12.7. The number of likely N-dealkylation sites (N-methyl/N-ethyl adjacent to an activating group) is 2. The number of carbonyl (C=O) groups is 1. The standard InChI is InChI=1S/C14H25N3OS/c1-5-17(6-2)14(18)10-16(4)12(9-15)13-8-7-11(3)19-13/h7-8,12H,5-6,9-10,15H2,1-4H3. The van der Waals surface area contributed by atoms with Crippen molar-refractivity contribution < 1.29 is 4.79 Å². The predicted molar refractivity (Wildman–Crippen MR) is 81.4 cm³/mol. The van der Waals surface area contributed by atoms with E-state index in [1.165, 1.54) is 9.75 Å². The molecule has 0 aromatic carbocycles. The smallest absolute Gasteiger partial charge is 0.236 e. The third-order valence-electron chi connectivity index (χ3n) is 3.35. The van der Waals surface area contributed by atoms with Crippen molar-refractivity contribution in [3.05, 3.63) is 21.9 Å². The second-order valence-electron chi connectivity index (χ2n) is 4.68. The number of carbonyl (C=O) groups excluding carboxylic acids is 1. The molecule has 0 fully saturated rings. The van der Waals surface area contributed by atoms with E-state index in [2.05, 4.69) is 19.1 Å². The summed E-state index contributed by atoms with van der Waals surface area (Å²) in [6.45, 7) is 8.56. The first kappa shape index (κ1) is 16.1. The molecule has 108 valence electrons. The Hall–Kier alpha value is -0.910. The molecule has 4 nitrogen and oxygen atoms in total. The lowest BCUT2D eigenvalue weighted by Crippen LogP contribution is -2.41. The van der Waals surface area contributed by atoms with Gasteiger partial charge in [-0.25, -0.2) is 0 Å². The third-order valence-corrected chi connectivity index (χ3v) is 4.45. The number of hydrogen-bond acceptors (Lipinski definition) is 4. The topological polar surface area (TPSA) is 49.6 Å². The molecule has 1 amide bonds. The SMILES string of the molecule is CCN(CC)C(=O)CN(C)C(CN)c1ccc(C)s1. The van der Waals surface area contributed by atoms with Crippen LogP contribution in [-0.2, 0) is 4.79 Å². The highest BCUT2D eigenvalue weighted by atomic mass is 32.1. The lowest BCUT2D eigenvalue weighted by atomic mass is 10.2. The van der Waals surface area contributed by atoms with Crippen molar-refractivity contribution >= 4 is 17.2 Å². The molecule has 0 aliphatic carbocycles. The summed E-state index contributed by atoms with van der Waals surface area (Å²) in [5.41, 5.74) is 5.87. The van der Waals surface area contributed by atoms with Crippen molar-refractivity contribution in [1.29, 1.82) is 0 Å². The average Bonchev–Trinajstić information content (AvgIpc) is 2.78. The van der Waals surface area contributed by atoms with Gasteiger partial charge < -0.3 is 10.6 Å². The lowest BCUT2D eigenvalue weighted by Gasteiger charge is -2.28. The van der Waals surface area contributed by atoms with E-state index in [0.29, 0.717) is 13.1 Å². The van der Waals surface area contributed by atoms with Gasteiger partial charge in [-0.15, -0.1) is 11.3 Å². The number of nitrogens with zero attached hydrogens (tertiary/aromatic N) is 2. The van der Waals surface area contributed by atoms with E-state index in [1.54, 1.807) is 11.3 Å². The van der Waals surface area contributed by atoms with Crippen LogP contribution >= 0.6 is 11.3 Å². The van der Waals surface area contributed by atoms with Crippen LogP contribution in [-0.4, -0.2) is 48.9 Å². The summed E-state index contributed by atoms with van der Waals surface area (Å²) in [7, 11) is 1.97. The second kappa shape index (κ2) is 7.62. The van der Waals surface area contributed by atoms with E-state index >= 15 is 0 Å². The average molecular weight is 283 g/mol. The van der Waals surface area contributed by atoms with Crippen LogP contribution in [0.4, 0.5) is 0 Å². The van der Waals surface area contributed by atoms with Gasteiger partial charge in [-0.1, -0.05) is 0 Å². The Labute approximate surface area is 120 Å². The minimum atomic E-state index is 0.123. The van der Waals surface area contributed by atoms with Gasteiger partial charge in [0.2, 0.25) is 5.91 Å². The second-order valence-corrected chi connectivity index (χ2v) is 6.00. The number of amides is 1. The molecule has 0 saturated heterocycles. The molecule has 1 atom stereocenters. The van der Waals surface area contributed by atoms with Gasteiger partial charge in [-0.05, 0) is 40.0 Å². The zero-order chi connectivity index (χ0) is 14.4. The maximum Gasteiger partial charge on any atom is 0.236 e. The van der Waals surface area contributed by atoms with Crippen LogP contribution in [0.3, 0.4) is 0 Å². The Morgan fingerprint density at radius 1 is 1.37 bits per heavy atom. The summed E-state index contributed by atoms with van der Waals surface area (Å²) < 4.78 is 0. The molecule has 0 radical (unpaired) electrons. The molecule has 1 rings (SSSR count). The highest BCUT2D eigenvalue weighted by Crippen LogP contribution is 2.25. The fourth-order valence-corrected chi connectivity index (χ4v) is 3.20. The van der Waals surface area contributed by atoms with E-state index in [-0.39, 0.29) is 11.9 Å². The quantitative estimate of drug-likeness (QED) is 0.831. The molecule has 1 heterocycles. The minimum Gasteiger partial charge on any atom is -0.342 e. The van der Waals surface area contributed by atoms with Crippen LogP contribution in [0.5, 0.6) is 0 Å². The van der Waals surface area contributed by atoms with Crippen molar-refractivity contribution in [3.63, 3.8) is 0 Å². The molecular formula is C14H25N3OS. The van der Waals surface area contributed by atoms with Crippen molar-refractivity contribution in [2.75, 3.05) is 33.2 Å². The van der Waals surface area contributed by atoms with Crippen LogP contribution in [0.2, 0.25) is 0 Å². The van der Waals surface area contributed by atoms with Crippen molar-refractivity contribution in [3.8, 4) is 0 Å². The maximum absolute atomic E-state index is 12.1. The largest absolute Gasteiger partial charge is 0.342 e. The summed E-state index contributed by atoms with van der Waals surface area (Å²) in [6.07, 6.45) is 0. The van der Waals surface area contributed by atoms with Gasteiger partial charge in [-0.3, -0.25) is 9.69 Å². The Morgan fingerprint density at radius 2 is 2.00 bits per heavy atom. The van der Waals surface area contributed by atoms with Crippen LogP contribution < -0.4 is 5.73 Å². The molecule has 2 N–H and O–H groups in total. The van der Waals surface area contributed by atoms with Crippen LogP contribution in [0, 0.1) is 6.92 Å². The number of aryl methyl sites for hydroxylation is 1. The molecule has 0 spiro atoms. The fourth-order valence-electron chi connectivity index (χ4n) is 2.15. The van der Waals surface area contributed by atoms with E-state index in [0.717, 1.165) is 13.1 Å². The number of nitrogens with two attached hydrogens (primary N) is 1. The molecule has 1 aromatic heterocycles. The molecule has 0 aliphatic heterocycles. The summed E-state index contributed by atoms with van der Waals surface area (Å²) in [4.78, 5) is 18.5. The van der Waals surface area contributed by atoms with Crippen LogP contribution in [0.1, 0.15) is 29.6 Å². The first-order valence-electron chi connectivity index (χ1n) is 6.77. The molecule has 1 unspecified atom stereocenters. The molecule has 0 aliphatic rings. The van der Waals surface area contributed by atoms with Crippen molar-refractivity contribution in [1.82, 2.24) is 9.80 Å². The lowest BCUT2D eigenvalue weighted by molar-refractivity contribution is -0.132. The fraction of sp³-hybridized carbons (Fsp3) is 0.643. The van der Waals surface area contributed by atoms with Gasteiger partial charge >= 0.3 is 0 Å². The number of rotatable bonds is 7. The van der Waals surface area contributed by atoms with E-state index in [1.807, 2.05) is 30.7 Å². The molecule has 19 heavy (non-hydrogen) atoms. The summed E-state index contributed by atoms with van der Waals surface area (Å²) >= 11 is 1.75. The first-order valence-corrected chi connectivity index (χ1v) is 7.59. The van der Waals surface area contributed by atoms with Crippen molar-refractivity contribution in [2.24, 2.45) is 5.73 Å². The van der Waals surface area contributed by atoms with Gasteiger partial charge in [-0.2, -0.15) is 0 Å². The number of hydrogen-bond donors (Lipinski definition) is 1. The molecule has 5 heteroatoms. The van der Waals surface area contributed by atoms with Gasteiger partial charge in [0.1, 0.15) is 0 Å². The highest BCUT2D eigenvalue weighted by Gasteiger charge is 2.21. The van der Waals surface area contributed by atoms with E-state index in [9.17, 15) is 4.79 Å². The minimum absolute atomic E-state index is 0.123. The van der Waals surface area contributed by atoms with Crippen LogP contribution in [0.15, 0.2) is 12.1 Å². The monoisotopic (exact) mass is 283 g/mol. The molecule has 0 bridgehead atoms. The maximum atomic E-state index is 12.1. The Kier molecular flexibility index (Phi) is 6.48. The summed E-state index contributed by atoms with van der Waals surface area (Å²) in [5.74, 6) is 0.166. The van der Waals surface area contributed by atoms with E-state index < -0.39 is 0 Å². The summed E-state index contributed by atoms with van der Waals surface area (Å²) in [5, 5.41) is 0. The van der Waals surface area contributed by atoms with Crippen molar-refractivity contribution in [2.45, 2.75) is 26.8 Å². The Balaban J connectivity index is 2.69. The highest BCUT2D eigenvalue weighted by molar-refractivity contribution is 7.12. The van der Waals surface area contributed by atoms with Gasteiger partial charge in [0.15, 0.2) is 0 Å². The molecular weight excluding hydrogens is 258 g/mol. The predicted octanol–water partition coefficient (Wildman–Crippen LogP) is 1.86. The number of thiophene rings is 1. The van der Waals surface area contributed by atoms with Gasteiger partial charge in [0.25, 0.3) is 0 Å². The third kappa shape index (κ3) is 4.30. The zero-order valence-corrected chi connectivity index (χ0v) is 13.2. The van der Waals surface area contributed by atoms with Gasteiger partial charge in [0, 0.05) is 29.4 Å². The Morgan fingerprint density at radius 3 is 2.42 bits per heavy atom. The molecule has 0 saturated carbocycles. The summed E-state index contributed by atoms with van der Waals surface area (Å²) in [6, 6.07) is 4.33. The van der Waals surface area contributed by atoms with Gasteiger partial charge in [0.05, 0.1) is 12.6 Å². The first-order chi connectivity index (χ1) is 9.03. The molecule has 1 aromatic rings. The van der Waals surface area contributed by atoms with E-state index in [4.69, 9.17) is 5.73 Å². The van der Waals surface area contributed by atoms with Crippen LogP contribution in [0.25, 0.3) is 0 Å².